The van der Waals surface area contributed by atoms with E-state index >= 15 is 0 Å². The van der Waals surface area contributed by atoms with Crippen LogP contribution in [-0.2, 0) is 0 Å². The predicted octanol–water partition coefficient (Wildman–Crippen LogP) is 3.79. The summed E-state index contributed by atoms with van der Waals surface area (Å²) in [5.41, 5.74) is 0. The van der Waals surface area contributed by atoms with Gasteiger partial charge in [0.25, 0.3) is 0 Å². The topological polar surface area (TPSA) is 3.24 Å². The zero-order chi connectivity index (χ0) is 10.4. The molecule has 0 amide bonds. The molecule has 0 rings (SSSR count). The van der Waals surface area contributed by atoms with Crippen molar-refractivity contribution < 1.29 is 0 Å². The van der Waals surface area contributed by atoms with Crippen molar-refractivity contribution in [2.24, 2.45) is 0 Å². The van der Waals surface area contributed by atoms with E-state index in [0.29, 0.717) is 0 Å². The summed E-state index contributed by atoms with van der Waals surface area (Å²) >= 11 is 0. The first-order valence-corrected chi connectivity index (χ1v) is 5.57. The van der Waals surface area contributed by atoms with E-state index in [2.05, 4.69) is 25.7 Å². The monoisotopic (exact) mass is 175 g/mol. The van der Waals surface area contributed by atoms with E-state index in [1.807, 2.05) is 27.7 Å². The van der Waals surface area contributed by atoms with Crippen LogP contribution in [0.5, 0.6) is 0 Å². The molecule has 0 fully saturated rings. The Labute approximate surface area is 80.2 Å². The van der Waals surface area contributed by atoms with Crippen molar-refractivity contribution in [1.82, 2.24) is 4.90 Å². The Bertz CT molecular complexity index is 40.3. The molecule has 78 valence electrons. The predicted molar refractivity (Wildman–Crippen MR) is 60.8 cm³/mol. The van der Waals surface area contributed by atoms with E-state index in [-0.39, 0.29) is 0 Å². The van der Waals surface area contributed by atoms with Gasteiger partial charge in [0.2, 0.25) is 0 Å². The Morgan fingerprint density at radius 3 is 1.17 bits per heavy atom. The summed E-state index contributed by atoms with van der Waals surface area (Å²) in [6, 6.07) is 0. The molecule has 0 atom stereocenters. The highest BCUT2D eigenvalue weighted by molar-refractivity contribution is 4.47. The summed E-state index contributed by atoms with van der Waals surface area (Å²) in [7, 11) is 0. The first-order chi connectivity index (χ1) is 5.85. The second-order valence-electron chi connectivity index (χ2n) is 2.03. The van der Waals surface area contributed by atoms with E-state index in [4.69, 9.17) is 0 Å². The van der Waals surface area contributed by atoms with Gasteiger partial charge < -0.3 is 4.90 Å². The average molecular weight is 175 g/mol. The molecule has 0 aliphatic carbocycles. The fourth-order valence-electron chi connectivity index (χ4n) is 0.856. The van der Waals surface area contributed by atoms with E-state index in [1.54, 1.807) is 0 Å². The van der Waals surface area contributed by atoms with Gasteiger partial charge in [-0.1, -0.05) is 48.5 Å². The maximum atomic E-state index is 2.43. The lowest BCUT2D eigenvalue weighted by Crippen LogP contribution is -2.23. The van der Waals surface area contributed by atoms with Crippen molar-refractivity contribution in [3.63, 3.8) is 0 Å². The Kier molecular flexibility index (Phi) is 33.5. The minimum absolute atomic E-state index is 1.20. The lowest BCUT2D eigenvalue weighted by Gasteiger charge is -2.15. The van der Waals surface area contributed by atoms with Gasteiger partial charge in [0.1, 0.15) is 0 Å². The van der Waals surface area contributed by atoms with Crippen molar-refractivity contribution >= 4 is 0 Å². The molecule has 0 spiro atoms. The third kappa shape index (κ3) is 16.5. The molecule has 1 heteroatoms. The summed E-state index contributed by atoms with van der Waals surface area (Å²) in [5.74, 6) is 0. The minimum atomic E-state index is 1.20. The minimum Gasteiger partial charge on any atom is -0.304 e. The molecule has 0 aliphatic heterocycles. The van der Waals surface area contributed by atoms with E-state index in [0.717, 1.165) is 0 Å². The van der Waals surface area contributed by atoms with Gasteiger partial charge in [0.05, 0.1) is 0 Å². The third-order valence-electron chi connectivity index (χ3n) is 1.43. The number of rotatable bonds is 4. The van der Waals surface area contributed by atoms with Crippen LogP contribution in [0.2, 0.25) is 0 Å². The first kappa shape index (κ1) is 17.9. The summed E-state index contributed by atoms with van der Waals surface area (Å²) in [5, 5.41) is 0. The molecule has 0 aromatic heterocycles. The molecule has 0 heterocycles. The Hall–Kier alpha value is -0.0400. The van der Waals surface area contributed by atoms with Crippen LogP contribution in [0.3, 0.4) is 0 Å². The fourth-order valence-corrected chi connectivity index (χ4v) is 0.856. The smallest absolute Gasteiger partial charge is 0.00216 e. The highest BCUT2D eigenvalue weighted by Crippen LogP contribution is 1.87. The van der Waals surface area contributed by atoms with Crippen molar-refractivity contribution in [2.45, 2.75) is 54.9 Å². The molecular formula is C11H29N. The van der Waals surface area contributed by atoms with Gasteiger partial charge in [-0.2, -0.15) is 0 Å². The molecule has 0 unspecified atom stereocenters. The third-order valence-corrected chi connectivity index (χ3v) is 1.43. The maximum Gasteiger partial charge on any atom is -0.00216 e. The normalized spacial score (nSPS) is 8.00. The average Bonchev–Trinajstić information content (AvgIpc) is 2.20. The molecule has 0 radical (unpaired) electrons. The van der Waals surface area contributed by atoms with Crippen molar-refractivity contribution in [3.8, 4) is 0 Å². The van der Waals surface area contributed by atoms with E-state index in [1.165, 1.54) is 26.1 Å². The molecule has 0 saturated heterocycles. The summed E-state index contributed by atoms with van der Waals surface area (Å²) < 4.78 is 0. The quantitative estimate of drug-likeness (QED) is 0.628. The molecule has 0 saturated carbocycles. The fraction of sp³-hybridized carbons (Fsp3) is 1.00. The molecule has 1 nitrogen and oxygen atoms in total. The van der Waals surface area contributed by atoms with E-state index < -0.39 is 0 Å². The number of nitrogens with zero attached hydrogens (tertiary/aromatic N) is 1. The summed E-state index contributed by atoms with van der Waals surface area (Å²) in [4.78, 5) is 2.43. The van der Waals surface area contributed by atoms with Gasteiger partial charge in [-0.25, -0.2) is 0 Å². The van der Waals surface area contributed by atoms with Crippen LogP contribution in [0.25, 0.3) is 0 Å². The van der Waals surface area contributed by atoms with Gasteiger partial charge >= 0.3 is 0 Å². The standard InChI is InChI=1S/C7H17N.2C2H6/c1-4-7-8(5-2)6-3;2*1-2/h4-7H2,1-3H3;2*1-2H3. The molecule has 12 heavy (non-hydrogen) atoms. The highest BCUT2D eigenvalue weighted by Gasteiger charge is 1.92. The first-order valence-electron chi connectivity index (χ1n) is 5.57. The Morgan fingerprint density at radius 2 is 1.08 bits per heavy atom. The van der Waals surface area contributed by atoms with Crippen LogP contribution in [-0.4, -0.2) is 24.5 Å². The SMILES string of the molecule is CC.CC.CCCN(CC)CC. The zero-order valence-corrected chi connectivity index (χ0v) is 10.3. The molecule has 0 bridgehead atoms. The van der Waals surface area contributed by atoms with Crippen molar-refractivity contribution in [1.29, 1.82) is 0 Å². The molecule has 0 aliphatic rings. The van der Waals surface area contributed by atoms with Crippen LogP contribution < -0.4 is 0 Å². The Morgan fingerprint density at radius 1 is 0.750 bits per heavy atom. The van der Waals surface area contributed by atoms with Crippen LogP contribution in [0.15, 0.2) is 0 Å². The lowest BCUT2D eigenvalue weighted by molar-refractivity contribution is 0.304. The number of hydrogen-bond acceptors (Lipinski definition) is 1. The van der Waals surface area contributed by atoms with E-state index in [9.17, 15) is 0 Å². The summed E-state index contributed by atoms with van der Waals surface area (Å²) in [6.07, 6.45) is 1.28. The summed E-state index contributed by atoms with van der Waals surface area (Å²) in [6.45, 7) is 18.3. The lowest BCUT2D eigenvalue weighted by atomic mass is 10.4. The largest absolute Gasteiger partial charge is 0.304 e. The molecule has 0 aromatic rings. The molecule has 0 N–H and O–H groups in total. The Balaban J connectivity index is -0.000000175. The van der Waals surface area contributed by atoms with Crippen molar-refractivity contribution in [2.75, 3.05) is 19.6 Å². The van der Waals surface area contributed by atoms with Gasteiger partial charge in [0, 0.05) is 0 Å². The highest BCUT2D eigenvalue weighted by atomic mass is 15.1. The van der Waals surface area contributed by atoms with Crippen LogP contribution in [0.4, 0.5) is 0 Å². The molecular weight excluding hydrogens is 146 g/mol. The van der Waals surface area contributed by atoms with Crippen LogP contribution >= 0.6 is 0 Å². The zero-order valence-electron chi connectivity index (χ0n) is 10.3. The van der Waals surface area contributed by atoms with Gasteiger partial charge in [-0.05, 0) is 26.1 Å². The van der Waals surface area contributed by atoms with Crippen LogP contribution in [0.1, 0.15) is 54.9 Å². The maximum absolute atomic E-state index is 2.43. The van der Waals surface area contributed by atoms with Gasteiger partial charge in [-0.15, -0.1) is 0 Å². The number of hydrogen-bond donors (Lipinski definition) is 0. The van der Waals surface area contributed by atoms with Crippen molar-refractivity contribution in [3.05, 3.63) is 0 Å². The van der Waals surface area contributed by atoms with Gasteiger partial charge in [0.15, 0.2) is 0 Å². The molecule has 0 aromatic carbocycles. The second kappa shape index (κ2) is 22.4. The second-order valence-corrected chi connectivity index (χ2v) is 2.03. The van der Waals surface area contributed by atoms with Crippen LogP contribution in [0, 0.1) is 0 Å². The van der Waals surface area contributed by atoms with Gasteiger partial charge in [-0.3, -0.25) is 0 Å².